The number of fused-ring (bicyclic) bond motifs is 1. The van der Waals surface area contributed by atoms with Crippen LogP contribution >= 0.6 is 23.1 Å². The number of aliphatic imine (C=N–C) groups is 1. The largest absolute Gasteiger partial charge is 0.494 e. The Kier molecular flexibility index (Phi) is 10.8. The van der Waals surface area contributed by atoms with Crippen molar-refractivity contribution in [2.24, 2.45) is 16.1 Å². The number of rotatable bonds is 10. The van der Waals surface area contributed by atoms with Crippen molar-refractivity contribution in [3.8, 4) is 11.5 Å². The molecule has 1 aliphatic heterocycles. The first-order valence-corrected chi connectivity index (χ1v) is 20.2. The molecule has 1 spiro atoms. The summed E-state index contributed by atoms with van der Waals surface area (Å²) in [6, 6.07) is 7.51. The molecule has 3 heterocycles. The van der Waals surface area contributed by atoms with Crippen molar-refractivity contribution in [2.45, 2.75) is 44.6 Å². The van der Waals surface area contributed by atoms with E-state index in [0.29, 0.717) is 66.4 Å². The summed E-state index contributed by atoms with van der Waals surface area (Å²) < 4.78 is 26.7. The first kappa shape index (κ1) is 35.8. The van der Waals surface area contributed by atoms with Gasteiger partial charge in [0.15, 0.2) is 0 Å². The number of likely N-dealkylation sites (tertiary alicyclic amines) is 1. The van der Waals surface area contributed by atoms with Crippen LogP contribution in [0.15, 0.2) is 58.5 Å². The Bertz CT molecular complexity index is 1960. The van der Waals surface area contributed by atoms with Crippen molar-refractivity contribution in [1.82, 2.24) is 24.8 Å². The number of anilines is 4. The van der Waals surface area contributed by atoms with Crippen molar-refractivity contribution < 1.29 is 14.0 Å². The zero-order valence-corrected chi connectivity index (χ0v) is 31.7. The molecule has 4 aromatic rings. The number of piperidine rings is 1. The van der Waals surface area contributed by atoms with Crippen LogP contribution < -0.4 is 31.1 Å². The third-order valence-corrected chi connectivity index (χ3v) is 11.9. The van der Waals surface area contributed by atoms with Crippen LogP contribution in [-0.2, 0) is 4.57 Å². The van der Waals surface area contributed by atoms with Crippen LogP contribution in [0, 0.1) is 5.41 Å². The smallest absolute Gasteiger partial charge is 0.229 e. The Balaban J connectivity index is 1.29. The molecule has 264 valence electrons. The maximum absolute atomic E-state index is 13.5. The van der Waals surface area contributed by atoms with Gasteiger partial charge in [-0.15, -0.1) is 0 Å². The normalized spacial score (nSPS) is 17.4. The summed E-state index contributed by atoms with van der Waals surface area (Å²) in [6.07, 6.45) is 15.1. The van der Waals surface area contributed by atoms with E-state index in [1.165, 1.54) is 45.0 Å². The van der Waals surface area contributed by atoms with Crippen LogP contribution in [0.5, 0.6) is 11.5 Å². The lowest BCUT2D eigenvalue weighted by atomic mass is 9.67. The maximum Gasteiger partial charge on any atom is 0.229 e. The molecule has 1 aliphatic carbocycles. The Morgan fingerprint density at radius 2 is 1.80 bits per heavy atom. The number of methoxy groups -OCH3 is 1. The molecule has 2 aromatic heterocycles. The Hall–Kier alpha value is -4.06. The molecule has 2 fully saturated rings. The van der Waals surface area contributed by atoms with Gasteiger partial charge in [-0.1, -0.05) is 0 Å². The summed E-state index contributed by atoms with van der Waals surface area (Å²) in [6.45, 7) is 5.77. The molecule has 50 heavy (non-hydrogen) atoms. The highest BCUT2D eigenvalue weighted by Gasteiger charge is 2.38. The molecule has 0 radical (unpaired) electrons. The van der Waals surface area contributed by atoms with Gasteiger partial charge in [0.25, 0.3) is 0 Å². The highest BCUT2D eigenvalue weighted by atomic mass is 79.9. The third-order valence-electron chi connectivity index (χ3n) is 9.79. The number of nitrogens with one attached hydrogen (secondary N) is 2. The molecule has 1 saturated heterocycles. The van der Waals surface area contributed by atoms with Gasteiger partial charge in [-0.2, -0.15) is 4.98 Å². The summed E-state index contributed by atoms with van der Waals surface area (Å²) in [5, 5.41) is 7.28. The molecule has 0 unspecified atom stereocenters. The minimum Gasteiger partial charge on any atom is -0.494 e. The van der Waals surface area contributed by atoms with Crippen LogP contribution in [0.2, 0.25) is 0 Å². The summed E-state index contributed by atoms with van der Waals surface area (Å²) in [7, 11) is 2.76. The van der Waals surface area contributed by atoms with Crippen molar-refractivity contribution in [1.29, 1.82) is 0 Å². The Morgan fingerprint density at radius 1 is 1.06 bits per heavy atom. The van der Waals surface area contributed by atoms with Gasteiger partial charge in [-0.3, -0.25) is 15.0 Å². The van der Waals surface area contributed by atoms with Crippen LogP contribution in [0.1, 0.15) is 44.1 Å². The highest BCUT2D eigenvalue weighted by Crippen LogP contribution is 2.46. The van der Waals surface area contributed by atoms with E-state index in [9.17, 15) is 4.57 Å². The van der Waals surface area contributed by atoms with Crippen LogP contribution in [0.25, 0.3) is 16.6 Å². The molecule has 2 aromatic carbocycles. The Morgan fingerprint density at radius 3 is 2.48 bits per heavy atom. The van der Waals surface area contributed by atoms with E-state index in [4.69, 9.17) is 20.2 Å². The number of ether oxygens (including phenoxy) is 2. The third kappa shape index (κ3) is 7.80. The van der Waals surface area contributed by atoms with Crippen LogP contribution in [-0.4, -0.2) is 84.8 Å². The molecule has 12 nitrogen and oxygen atoms in total. The molecule has 0 atom stereocenters. The zero-order valence-electron chi connectivity index (χ0n) is 29.2. The number of nitrogens with two attached hydrogens (primary N) is 1. The first-order chi connectivity index (χ1) is 24.0. The summed E-state index contributed by atoms with van der Waals surface area (Å²) in [4.78, 5) is 24.9. The summed E-state index contributed by atoms with van der Waals surface area (Å²) in [5.41, 5.74) is 10.6. The molecule has 6 rings (SSSR count). The fourth-order valence-corrected chi connectivity index (χ4v) is 8.70. The number of halogens is 1. The van der Waals surface area contributed by atoms with Gasteiger partial charge in [-0.25, -0.2) is 4.98 Å². The second-order valence-corrected chi connectivity index (χ2v) is 17.6. The molecule has 14 heteroatoms. The molecule has 0 amide bonds. The second-order valence-electron chi connectivity index (χ2n) is 13.6. The van der Waals surface area contributed by atoms with Crippen molar-refractivity contribution in [3.63, 3.8) is 0 Å². The average molecular weight is 763 g/mol. The maximum atomic E-state index is 13.5. The lowest BCUT2D eigenvalue weighted by Crippen LogP contribution is -2.41. The number of aromatic nitrogens is 4. The zero-order chi connectivity index (χ0) is 35.5. The topological polar surface area (TPSA) is 153 Å². The average Bonchev–Trinajstić information content (AvgIpc) is 3.11. The number of hydrogen-bond donors (Lipinski definition) is 3. The lowest BCUT2D eigenvalue weighted by molar-refractivity contribution is 0.0326. The fourth-order valence-electron chi connectivity index (χ4n) is 7.02. The van der Waals surface area contributed by atoms with Crippen LogP contribution in [0.4, 0.5) is 23.1 Å². The van der Waals surface area contributed by atoms with Crippen LogP contribution in [0.3, 0.4) is 0 Å². The molecule has 2 aliphatic rings. The fraction of sp³-hybridized carbons (Fsp3) is 0.417. The van der Waals surface area contributed by atoms with E-state index in [2.05, 4.69) is 58.5 Å². The van der Waals surface area contributed by atoms with E-state index in [-0.39, 0.29) is 6.10 Å². The monoisotopic (exact) mass is 761 g/mol. The molecule has 4 N–H and O–H groups in total. The summed E-state index contributed by atoms with van der Waals surface area (Å²) >= 11 is 3.57. The van der Waals surface area contributed by atoms with Gasteiger partial charge in [0.1, 0.15) is 30.0 Å². The number of hydrogen-bond acceptors (Lipinski definition) is 12. The standard InChI is InChI=1S/C36H45BrN9O3P/c1-39-21-23(20-38)25-18-29(31(48-3)19-30(25)49-24-8-10-36(11-9-24)12-16-46(2)17-13-36)44-35-42-22-26(37)34(45-35)43-28-7-6-27-32(41-15-14-40-27)33(28)50(4,5)47/h6-7,14-15,18-22,24H,8-13,16-17,38H2,1-5H3,(H2,42,43,44,45). The van der Waals surface area contributed by atoms with Gasteiger partial charge in [0, 0.05) is 55.3 Å². The molecule has 0 bridgehead atoms. The second kappa shape index (κ2) is 15.0. The molecular formula is C36H45BrN9O3P. The molecule has 1 saturated carbocycles. The first-order valence-electron chi connectivity index (χ1n) is 16.8. The van der Waals surface area contributed by atoms with Gasteiger partial charge in [0.2, 0.25) is 5.95 Å². The van der Waals surface area contributed by atoms with Gasteiger partial charge < -0.3 is 35.3 Å². The van der Waals surface area contributed by atoms with E-state index in [1.807, 2.05) is 24.3 Å². The quantitative estimate of drug-likeness (QED) is 0.114. The van der Waals surface area contributed by atoms with Gasteiger partial charge in [0.05, 0.1) is 39.9 Å². The number of nitrogens with zero attached hydrogens (tertiary/aromatic N) is 6. The van der Waals surface area contributed by atoms with Crippen molar-refractivity contribution in [3.05, 3.63) is 59.1 Å². The minimum absolute atomic E-state index is 0.0936. The van der Waals surface area contributed by atoms with Gasteiger partial charge in [-0.05, 0) is 112 Å². The van der Waals surface area contributed by atoms with E-state index < -0.39 is 7.14 Å². The van der Waals surface area contributed by atoms with Gasteiger partial charge >= 0.3 is 0 Å². The summed E-state index contributed by atoms with van der Waals surface area (Å²) in [5.74, 6) is 2.03. The molecular weight excluding hydrogens is 717 g/mol. The van der Waals surface area contributed by atoms with E-state index in [0.717, 1.165) is 18.4 Å². The van der Waals surface area contributed by atoms with Crippen molar-refractivity contribution in [2.75, 3.05) is 58.3 Å². The lowest BCUT2D eigenvalue weighted by Gasteiger charge is -2.45. The minimum atomic E-state index is -2.78. The predicted octanol–water partition coefficient (Wildman–Crippen LogP) is 6.96. The van der Waals surface area contributed by atoms with E-state index >= 15 is 0 Å². The van der Waals surface area contributed by atoms with E-state index in [1.54, 1.807) is 52.3 Å². The predicted molar refractivity (Wildman–Crippen MR) is 207 cm³/mol. The highest BCUT2D eigenvalue weighted by molar-refractivity contribution is 9.10. The Labute approximate surface area is 301 Å². The number of allylic oxidation sites excluding steroid dienone is 1. The number of benzene rings is 2. The van der Waals surface area contributed by atoms with Crippen molar-refractivity contribution >= 4 is 74.3 Å². The SMILES string of the molecule is CN=CC(=CN)c1cc(Nc2ncc(Br)c(Nc3ccc4nccnc4c3P(C)(C)=O)n2)c(OC)cc1OC1CCC2(CC1)CCN(C)CC2.